The molecule has 1 rings (SSSR count). The number of nitrogens with one attached hydrogen (secondary N) is 1. The quantitative estimate of drug-likeness (QED) is 0.711. The maximum absolute atomic E-state index is 12.2. The number of halogens is 1. The van der Waals surface area contributed by atoms with Crippen molar-refractivity contribution in [1.82, 2.24) is 15.5 Å². The van der Waals surface area contributed by atoms with Crippen molar-refractivity contribution in [2.75, 3.05) is 0 Å². The first-order chi connectivity index (χ1) is 12.2. The van der Waals surface area contributed by atoms with Gasteiger partial charge in [0.05, 0.1) is 12.4 Å². The third-order valence-corrected chi connectivity index (χ3v) is 3.17. The molecule has 8 heteroatoms. The number of amides is 1. The molecule has 1 aromatic rings. The van der Waals surface area contributed by atoms with Crippen LogP contribution in [0.15, 0.2) is 35.2 Å². The Morgan fingerprint density at radius 2 is 2.15 bits per heavy atom. The summed E-state index contributed by atoms with van der Waals surface area (Å²) < 4.78 is 22.6. The Kier molecular flexibility index (Phi) is 8.18. The minimum atomic E-state index is -1.19. The molecule has 0 aromatic carbocycles. The van der Waals surface area contributed by atoms with Gasteiger partial charge >= 0.3 is 6.09 Å². The second-order valence-electron chi connectivity index (χ2n) is 6.50. The van der Waals surface area contributed by atoms with Gasteiger partial charge in [0.15, 0.2) is 0 Å². The van der Waals surface area contributed by atoms with E-state index in [0.29, 0.717) is 18.3 Å². The van der Waals surface area contributed by atoms with Crippen LogP contribution in [0.5, 0.6) is 0 Å². The zero-order valence-electron chi connectivity index (χ0n) is 15.7. The molecule has 0 fully saturated rings. The molecule has 2 atom stereocenters. The van der Waals surface area contributed by atoms with E-state index in [0.717, 1.165) is 0 Å². The minimum absolute atomic E-state index is 0.0162. The van der Waals surface area contributed by atoms with Gasteiger partial charge in [0.2, 0.25) is 5.82 Å². The molecule has 144 valence electrons. The number of aliphatic hydroxyl groups is 1. The van der Waals surface area contributed by atoms with Gasteiger partial charge in [0, 0.05) is 5.57 Å². The van der Waals surface area contributed by atoms with Crippen molar-refractivity contribution in [1.29, 1.82) is 0 Å². The topological polar surface area (TPSA) is 97.5 Å². The Bertz CT molecular complexity index is 674. The molecule has 1 unspecified atom stereocenters. The van der Waals surface area contributed by atoms with E-state index in [1.165, 1.54) is 12.2 Å². The van der Waals surface area contributed by atoms with Crippen LogP contribution in [0.1, 0.15) is 58.9 Å². The highest BCUT2D eigenvalue weighted by Gasteiger charge is 2.28. The van der Waals surface area contributed by atoms with Crippen molar-refractivity contribution in [3.63, 3.8) is 0 Å². The summed E-state index contributed by atoms with van der Waals surface area (Å²) in [6.07, 6.45) is 5.02. The third-order valence-electron chi connectivity index (χ3n) is 3.17. The van der Waals surface area contributed by atoms with Gasteiger partial charge in [-0.05, 0) is 46.3 Å². The fourth-order valence-corrected chi connectivity index (χ4v) is 2.03. The van der Waals surface area contributed by atoms with Crippen LogP contribution in [0.25, 0.3) is 5.57 Å². The molecule has 7 nitrogen and oxygen atoms in total. The van der Waals surface area contributed by atoms with E-state index < -0.39 is 23.8 Å². The predicted molar refractivity (Wildman–Crippen MR) is 95.7 cm³/mol. The Morgan fingerprint density at radius 1 is 1.46 bits per heavy atom. The summed E-state index contributed by atoms with van der Waals surface area (Å²) in [5.41, 5.74) is -0.163. The maximum Gasteiger partial charge on any atom is 0.407 e. The fourth-order valence-electron chi connectivity index (χ4n) is 2.03. The summed E-state index contributed by atoms with van der Waals surface area (Å²) in [6.45, 7) is 8.82. The largest absolute Gasteiger partial charge is 0.444 e. The first kappa shape index (κ1) is 21.6. The van der Waals surface area contributed by atoms with E-state index in [9.17, 15) is 14.3 Å². The van der Waals surface area contributed by atoms with Crippen LogP contribution >= 0.6 is 0 Å². The summed E-state index contributed by atoms with van der Waals surface area (Å²) in [4.78, 5) is 16.0. The molecule has 0 saturated carbocycles. The summed E-state index contributed by atoms with van der Waals surface area (Å²) in [6, 6.07) is -0.657. The second-order valence-corrected chi connectivity index (χ2v) is 6.50. The van der Waals surface area contributed by atoms with Crippen molar-refractivity contribution < 1.29 is 23.6 Å². The molecule has 1 aromatic heterocycles. The number of nitrogens with zero attached hydrogens (tertiary/aromatic N) is 2. The van der Waals surface area contributed by atoms with Gasteiger partial charge in [-0.2, -0.15) is 4.98 Å². The van der Waals surface area contributed by atoms with Crippen molar-refractivity contribution in [3.8, 4) is 0 Å². The number of carbonyl (C=O) groups is 1. The highest BCUT2D eigenvalue weighted by atomic mass is 19.1. The van der Waals surface area contributed by atoms with Gasteiger partial charge in [-0.1, -0.05) is 24.2 Å². The summed E-state index contributed by atoms with van der Waals surface area (Å²) >= 11 is 0. The lowest BCUT2D eigenvalue weighted by Gasteiger charge is -2.24. The monoisotopic (exact) mass is 367 g/mol. The molecule has 0 spiro atoms. The molecule has 0 aliphatic rings. The predicted octanol–water partition coefficient (Wildman–Crippen LogP) is 3.85. The number of aliphatic hydroxyl groups excluding tert-OH is 1. The van der Waals surface area contributed by atoms with Gasteiger partial charge in [0.1, 0.15) is 11.7 Å². The molecule has 0 aliphatic heterocycles. The van der Waals surface area contributed by atoms with Crippen LogP contribution in [0.3, 0.4) is 0 Å². The fraction of sp³-hybridized carbons (Fsp3) is 0.500. The average Bonchev–Trinajstić information content (AvgIpc) is 3.04. The van der Waals surface area contributed by atoms with E-state index in [1.807, 2.05) is 0 Å². The zero-order chi connectivity index (χ0) is 19.7. The molecule has 26 heavy (non-hydrogen) atoms. The Balaban J connectivity index is 2.93. The van der Waals surface area contributed by atoms with Gasteiger partial charge in [-0.25, -0.2) is 9.18 Å². The lowest BCUT2D eigenvalue weighted by atomic mass is 10.1. The Labute approximate surface area is 152 Å². The molecule has 1 amide bonds. The van der Waals surface area contributed by atoms with Crippen LogP contribution in [0.4, 0.5) is 9.18 Å². The number of hydrogen-bond acceptors (Lipinski definition) is 6. The van der Waals surface area contributed by atoms with E-state index in [1.54, 1.807) is 46.8 Å². The lowest BCUT2D eigenvalue weighted by molar-refractivity contribution is 0.0406. The summed E-state index contributed by atoms with van der Waals surface area (Å²) in [5.74, 6) is 0.143. The van der Waals surface area contributed by atoms with Crippen molar-refractivity contribution in [3.05, 3.63) is 42.3 Å². The Hall–Kier alpha value is -2.48. The van der Waals surface area contributed by atoms with Crippen molar-refractivity contribution in [2.24, 2.45) is 0 Å². The molecule has 2 N–H and O–H groups in total. The highest BCUT2D eigenvalue weighted by Crippen LogP contribution is 2.21. The number of carbonyl (C=O) groups excluding carboxylic acids is 1. The van der Waals surface area contributed by atoms with Gasteiger partial charge in [-0.15, -0.1) is 0 Å². The maximum atomic E-state index is 12.2. The van der Waals surface area contributed by atoms with Crippen molar-refractivity contribution in [2.45, 2.75) is 58.8 Å². The molecular weight excluding hydrogens is 341 g/mol. The molecule has 1 heterocycles. The average molecular weight is 367 g/mol. The van der Waals surface area contributed by atoms with Crippen molar-refractivity contribution >= 4 is 11.7 Å². The van der Waals surface area contributed by atoms with Crippen LogP contribution in [-0.2, 0) is 4.74 Å². The van der Waals surface area contributed by atoms with E-state index in [-0.39, 0.29) is 11.7 Å². The number of aromatic nitrogens is 2. The number of ether oxygens (including phenoxy) is 1. The van der Waals surface area contributed by atoms with Crippen LogP contribution in [-0.4, -0.2) is 33.0 Å². The SMILES string of the molecule is C\C=C/C(=C\C=C\F)c1nc(C(O)[C@H](CC)NC(=O)OC(C)(C)C)no1. The number of allylic oxidation sites excluding steroid dienone is 5. The number of alkyl carbamates (subject to hydrolysis) is 1. The van der Waals surface area contributed by atoms with Crippen LogP contribution in [0.2, 0.25) is 0 Å². The van der Waals surface area contributed by atoms with Gasteiger partial charge in [0.25, 0.3) is 5.89 Å². The van der Waals surface area contributed by atoms with E-state index in [2.05, 4.69) is 15.5 Å². The first-order valence-corrected chi connectivity index (χ1v) is 8.33. The lowest BCUT2D eigenvalue weighted by Crippen LogP contribution is -2.42. The normalized spacial score (nSPS) is 15.4. The Morgan fingerprint density at radius 3 is 2.69 bits per heavy atom. The smallest absolute Gasteiger partial charge is 0.407 e. The summed E-state index contributed by atoms with van der Waals surface area (Å²) in [7, 11) is 0. The molecule has 0 aliphatic carbocycles. The molecule has 0 radical (unpaired) electrons. The second kappa shape index (κ2) is 9.86. The molecule has 0 bridgehead atoms. The van der Waals surface area contributed by atoms with Gasteiger partial charge < -0.3 is 19.7 Å². The zero-order valence-corrected chi connectivity index (χ0v) is 15.7. The van der Waals surface area contributed by atoms with E-state index in [4.69, 9.17) is 9.26 Å². The standard InChI is InChI=1S/C18H26FN3O4/c1-6-9-12(10-8-11-19)16-21-15(22-26-16)14(23)13(7-2)20-17(24)25-18(3,4)5/h6,8-11,13-14,23H,7H2,1-5H3,(H,20,24)/b9-6-,11-8+,12-10+/t13-,14?/m0/s1. The minimum Gasteiger partial charge on any atom is -0.444 e. The summed E-state index contributed by atoms with van der Waals surface area (Å²) in [5, 5.41) is 16.8. The van der Waals surface area contributed by atoms with Gasteiger partial charge in [-0.3, -0.25) is 0 Å². The highest BCUT2D eigenvalue weighted by molar-refractivity contribution is 5.70. The van der Waals surface area contributed by atoms with Crippen LogP contribution in [0, 0.1) is 0 Å². The third kappa shape index (κ3) is 6.79. The number of hydrogen-bond donors (Lipinski definition) is 2. The molecular formula is C18H26FN3O4. The number of rotatable bonds is 7. The van der Waals surface area contributed by atoms with E-state index >= 15 is 0 Å². The molecule has 0 saturated heterocycles. The first-order valence-electron chi connectivity index (χ1n) is 8.33. The van der Waals surface area contributed by atoms with Crippen LogP contribution < -0.4 is 5.32 Å².